The quantitative estimate of drug-likeness (QED) is 0.139. The highest BCUT2D eigenvalue weighted by Gasteiger charge is 2.32. The van der Waals surface area contributed by atoms with Gasteiger partial charge in [0.1, 0.15) is 28.7 Å². The molecule has 270 valence electrons. The van der Waals surface area contributed by atoms with E-state index in [1.807, 2.05) is 25.1 Å². The number of phenols is 2. The summed E-state index contributed by atoms with van der Waals surface area (Å²) in [4.78, 5) is 47.5. The lowest BCUT2D eigenvalue weighted by atomic mass is 9.84. The third kappa shape index (κ3) is 8.62. The number of aryl methyl sites for hydroxylation is 1. The Morgan fingerprint density at radius 1 is 1.04 bits per heavy atom. The number of nitrogens with one attached hydrogen (secondary N) is 2. The van der Waals surface area contributed by atoms with Crippen LogP contribution in [0.2, 0.25) is 0 Å². The first kappa shape index (κ1) is 36.8. The molecule has 4 aromatic rings. The Morgan fingerprint density at radius 2 is 1.76 bits per heavy atom. The molecule has 0 fully saturated rings. The second-order valence-electron chi connectivity index (χ2n) is 12.8. The SMILES string of the molecule is COc1cc(C(CC(=O)NCc2nc3ccc(C)cc3[nH]2)c2c(O)cc3c(c2O)C(=O)OC(C)CCCC(=O)CCCC=C3)cc(OC)c1OC. The van der Waals surface area contributed by atoms with E-state index >= 15 is 0 Å². The van der Waals surface area contributed by atoms with Gasteiger partial charge in [0.25, 0.3) is 0 Å². The average molecular weight is 700 g/mol. The fourth-order valence-corrected chi connectivity index (χ4v) is 6.41. The predicted molar refractivity (Wildman–Crippen MR) is 192 cm³/mol. The summed E-state index contributed by atoms with van der Waals surface area (Å²) in [5.74, 6) is -1.46. The summed E-state index contributed by atoms with van der Waals surface area (Å²) in [6.45, 7) is 3.80. The van der Waals surface area contributed by atoms with Crippen molar-refractivity contribution >= 4 is 34.8 Å². The highest BCUT2D eigenvalue weighted by atomic mass is 16.5. The summed E-state index contributed by atoms with van der Waals surface area (Å²) in [5, 5.41) is 26.4. The number of methoxy groups -OCH3 is 3. The molecule has 0 bridgehead atoms. The number of carbonyl (C=O) groups excluding carboxylic acids is 3. The number of nitrogens with zero attached hydrogens (tertiary/aromatic N) is 1. The van der Waals surface area contributed by atoms with Crippen molar-refractivity contribution in [2.75, 3.05) is 21.3 Å². The molecule has 1 aliphatic heterocycles. The van der Waals surface area contributed by atoms with Crippen LogP contribution >= 0.6 is 0 Å². The number of carbonyl (C=O) groups is 3. The van der Waals surface area contributed by atoms with E-state index in [4.69, 9.17) is 18.9 Å². The molecule has 2 unspecified atom stereocenters. The Kier molecular flexibility index (Phi) is 11.9. The summed E-state index contributed by atoms with van der Waals surface area (Å²) in [5.41, 5.74) is 3.16. The second-order valence-corrected chi connectivity index (χ2v) is 12.8. The monoisotopic (exact) mass is 699 g/mol. The van der Waals surface area contributed by atoms with Crippen LogP contribution < -0.4 is 19.5 Å². The molecule has 1 aromatic heterocycles. The summed E-state index contributed by atoms with van der Waals surface area (Å²) in [7, 11) is 4.38. The standard InChI is InChI=1S/C39H45N3O9/c1-22-14-15-28-29(16-22)42-33(41-28)21-40-34(45)20-27(25-18-31(48-3)38(50-5)32(19-25)49-4)36-30(44)17-24-11-7-6-8-12-26(43)13-9-10-23(2)51-39(47)35(24)37(36)46/h7,11,14-19,23,27,44,46H,6,8-10,12-13,20-21H2,1-5H3,(H,40,45)(H,41,42). The van der Waals surface area contributed by atoms with Gasteiger partial charge in [-0.05, 0) is 86.6 Å². The average Bonchev–Trinajstić information content (AvgIpc) is 3.50. The molecule has 0 saturated carbocycles. The lowest BCUT2D eigenvalue weighted by Crippen LogP contribution is -2.26. The highest BCUT2D eigenvalue weighted by Crippen LogP contribution is 2.47. The zero-order chi connectivity index (χ0) is 36.7. The summed E-state index contributed by atoms with van der Waals surface area (Å²) in [6.07, 6.45) is 5.67. The van der Waals surface area contributed by atoms with Gasteiger partial charge in [-0.1, -0.05) is 18.2 Å². The van der Waals surface area contributed by atoms with Crippen molar-refractivity contribution in [2.45, 2.75) is 77.4 Å². The Labute approximate surface area is 296 Å². The minimum atomic E-state index is -1.00. The number of rotatable bonds is 9. The van der Waals surface area contributed by atoms with E-state index in [0.29, 0.717) is 67.2 Å². The van der Waals surface area contributed by atoms with Crippen molar-refractivity contribution in [3.8, 4) is 28.7 Å². The number of hydrogen-bond acceptors (Lipinski definition) is 10. The topological polar surface area (TPSA) is 169 Å². The lowest BCUT2D eigenvalue weighted by molar-refractivity contribution is -0.121. The number of fused-ring (bicyclic) bond motifs is 2. The largest absolute Gasteiger partial charge is 0.507 e. The molecule has 3 aromatic carbocycles. The number of cyclic esters (lactones) is 1. The minimum Gasteiger partial charge on any atom is -0.507 e. The van der Waals surface area contributed by atoms with E-state index in [9.17, 15) is 24.6 Å². The number of imidazole rings is 1. The van der Waals surface area contributed by atoms with Crippen LogP contribution in [0.1, 0.15) is 96.2 Å². The highest BCUT2D eigenvalue weighted by molar-refractivity contribution is 5.98. The van der Waals surface area contributed by atoms with Crippen molar-refractivity contribution in [1.82, 2.24) is 15.3 Å². The third-order valence-corrected chi connectivity index (χ3v) is 9.02. The molecule has 0 saturated heterocycles. The number of phenolic OH excluding ortho intramolecular Hbond substituents is 2. The smallest absolute Gasteiger partial charge is 0.342 e. The lowest BCUT2D eigenvalue weighted by Gasteiger charge is -2.24. The maximum absolute atomic E-state index is 13.7. The molecule has 0 spiro atoms. The molecule has 2 heterocycles. The zero-order valence-corrected chi connectivity index (χ0v) is 29.6. The van der Waals surface area contributed by atoms with Gasteiger partial charge < -0.3 is 39.5 Å². The predicted octanol–water partition coefficient (Wildman–Crippen LogP) is 6.63. The van der Waals surface area contributed by atoms with Crippen molar-refractivity contribution in [2.24, 2.45) is 0 Å². The van der Waals surface area contributed by atoms with Gasteiger partial charge in [-0.15, -0.1) is 0 Å². The molecule has 12 heteroatoms. The maximum Gasteiger partial charge on any atom is 0.342 e. The van der Waals surface area contributed by atoms with Crippen LogP contribution in [0.4, 0.5) is 0 Å². The zero-order valence-electron chi connectivity index (χ0n) is 29.6. The Balaban J connectivity index is 1.58. The van der Waals surface area contributed by atoms with Crippen LogP contribution in [0.15, 0.2) is 42.5 Å². The molecule has 5 rings (SSSR count). The van der Waals surface area contributed by atoms with Crippen molar-refractivity contribution in [3.63, 3.8) is 0 Å². The number of aromatic nitrogens is 2. The van der Waals surface area contributed by atoms with Gasteiger partial charge in [0.2, 0.25) is 11.7 Å². The number of amides is 1. The van der Waals surface area contributed by atoms with Gasteiger partial charge in [0.05, 0.1) is 45.0 Å². The van der Waals surface area contributed by atoms with E-state index in [2.05, 4.69) is 15.3 Å². The molecule has 1 amide bonds. The fourth-order valence-electron chi connectivity index (χ4n) is 6.41. The van der Waals surface area contributed by atoms with Gasteiger partial charge in [-0.2, -0.15) is 0 Å². The van der Waals surface area contributed by atoms with E-state index < -0.39 is 29.6 Å². The number of aromatic hydroxyl groups is 2. The molecule has 51 heavy (non-hydrogen) atoms. The van der Waals surface area contributed by atoms with Gasteiger partial charge in [0, 0.05) is 30.7 Å². The molecule has 12 nitrogen and oxygen atoms in total. The first-order valence-electron chi connectivity index (χ1n) is 17.0. The number of esters is 1. The molecule has 4 N–H and O–H groups in total. The normalized spacial score (nSPS) is 16.1. The minimum absolute atomic E-state index is 0.0536. The first-order valence-corrected chi connectivity index (χ1v) is 17.0. The number of ether oxygens (including phenoxy) is 4. The Morgan fingerprint density at radius 3 is 2.47 bits per heavy atom. The molecule has 0 aliphatic carbocycles. The molecule has 2 atom stereocenters. The summed E-state index contributed by atoms with van der Waals surface area (Å²) < 4.78 is 22.4. The van der Waals surface area contributed by atoms with Crippen LogP contribution in [0.25, 0.3) is 17.1 Å². The maximum atomic E-state index is 13.7. The summed E-state index contributed by atoms with van der Waals surface area (Å²) in [6, 6.07) is 10.5. The van der Waals surface area contributed by atoms with Crippen LogP contribution in [-0.4, -0.2) is 65.3 Å². The van der Waals surface area contributed by atoms with Crippen LogP contribution in [0.5, 0.6) is 28.7 Å². The number of hydrogen-bond donors (Lipinski definition) is 4. The second kappa shape index (κ2) is 16.5. The molecular weight excluding hydrogens is 654 g/mol. The van der Waals surface area contributed by atoms with Crippen LogP contribution in [0.3, 0.4) is 0 Å². The third-order valence-electron chi connectivity index (χ3n) is 9.02. The van der Waals surface area contributed by atoms with Crippen molar-refractivity contribution in [3.05, 3.63) is 76.1 Å². The number of aromatic amines is 1. The molecule has 0 radical (unpaired) electrons. The van der Waals surface area contributed by atoms with Crippen molar-refractivity contribution in [1.29, 1.82) is 0 Å². The number of ketones is 1. The van der Waals surface area contributed by atoms with Gasteiger partial charge in [-0.25, -0.2) is 9.78 Å². The van der Waals surface area contributed by atoms with Gasteiger partial charge >= 0.3 is 5.97 Å². The van der Waals surface area contributed by atoms with E-state index in [-0.39, 0.29) is 41.2 Å². The Bertz CT molecular complexity index is 1920. The number of benzene rings is 3. The van der Waals surface area contributed by atoms with Crippen LogP contribution in [0, 0.1) is 6.92 Å². The van der Waals surface area contributed by atoms with Crippen molar-refractivity contribution < 1.29 is 43.5 Å². The van der Waals surface area contributed by atoms with E-state index in [1.165, 1.54) is 27.4 Å². The number of Topliss-reactive ketones (excluding diaryl/α,β-unsaturated/α-hetero) is 1. The van der Waals surface area contributed by atoms with Gasteiger partial charge in [-0.3, -0.25) is 9.59 Å². The summed E-state index contributed by atoms with van der Waals surface area (Å²) >= 11 is 0. The fraction of sp³-hybridized carbons (Fsp3) is 0.385. The molecular formula is C39H45N3O9. The number of allylic oxidation sites excluding steroid dienone is 1. The number of H-pyrrole nitrogens is 1. The van der Waals surface area contributed by atoms with E-state index in [0.717, 1.165) is 16.6 Å². The Hall–Kier alpha value is -5.52. The van der Waals surface area contributed by atoms with Gasteiger partial charge in [0.15, 0.2) is 11.5 Å². The van der Waals surface area contributed by atoms with Crippen LogP contribution in [-0.2, 0) is 20.9 Å². The molecule has 1 aliphatic rings. The van der Waals surface area contributed by atoms with E-state index in [1.54, 1.807) is 31.2 Å². The first-order chi connectivity index (χ1) is 24.5.